The maximum Gasteiger partial charge on any atom is 0.163 e. The molecule has 0 aliphatic carbocycles. The molecule has 0 unspecified atom stereocenters. The fourth-order valence-corrected chi connectivity index (χ4v) is 2.05. The Labute approximate surface area is 139 Å². The van der Waals surface area contributed by atoms with E-state index >= 15 is 0 Å². The Balaban J connectivity index is 3.48. The average Bonchev–Trinajstić information content (AvgIpc) is 2.44. The highest BCUT2D eigenvalue weighted by Crippen LogP contribution is 2.31. The summed E-state index contributed by atoms with van der Waals surface area (Å²) in [5.74, 6) is -2.51. The van der Waals surface area contributed by atoms with Crippen molar-refractivity contribution in [3.8, 4) is 11.5 Å². The van der Waals surface area contributed by atoms with Crippen molar-refractivity contribution in [1.29, 1.82) is 0 Å². The van der Waals surface area contributed by atoms with Crippen molar-refractivity contribution >= 4 is 35.3 Å². The fourth-order valence-electron chi connectivity index (χ4n) is 2.05. The normalized spacial score (nSPS) is 9.83. The summed E-state index contributed by atoms with van der Waals surface area (Å²) in [6, 6.07) is 2.29. The van der Waals surface area contributed by atoms with E-state index in [9.17, 15) is 29.4 Å². The smallest absolute Gasteiger partial charge is 0.163 e. The monoisotopic (exact) mass is 330 g/mol. The van der Waals surface area contributed by atoms with Gasteiger partial charge in [-0.25, -0.2) is 0 Å². The van der Waals surface area contributed by atoms with Crippen molar-refractivity contribution in [2.45, 2.75) is 27.7 Å². The van der Waals surface area contributed by atoms with Crippen LogP contribution in [0.3, 0.4) is 0 Å². The summed E-state index contributed by atoms with van der Waals surface area (Å²) >= 11 is 0. The lowest BCUT2D eigenvalue weighted by atomic mass is 10.00. The summed E-state index contributed by atoms with van der Waals surface area (Å²) < 4.78 is 0. The topological polar surface area (TPSA) is 109 Å². The van der Waals surface area contributed by atoms with Crippen molar-refractivity contribution in [3.63, 3.8) is 0 Å². The number of ketones is 4. The molecule has 24 heavy (non-hydrogen) atoms. The van der Waals surface area contributed by atoms with Gasteiger partial charge in [-0.05, 0) is 52.0 Å². The maximum atomic E-state index is 11.4. The quantitative estimate of drug-likeness (QED) is 0.358. The van der Waals surface area contributed by atoms with Crippen LogP contribution in [0.1, 0.15) is 38.8 Å². The Hall–Kier alpha value is -3.02. The van der Waals surface area contributed by atoms with Gasteiger partial charge < -0.3 is 10.2 Å². The van der Waals surface area contributed by atoms with Gasteiger partial charge in [0.05, 0.1) is 11.1 Å². The van der Waals surface area contributed by atoms with Gasteiger partial charge in [-0.2, -0.15) is 0 Å². The molecule has 126 valence electrons. The Morgan fingerprint density at radius 2 is 0.917 bits per heavy atom. The molecule has 0 bridgehead atoms. The van der Waals surface area contributed by atoms with E-state index in [2.05, 4.69) is 0 Å². The van der Waals surface area contributed by atoms with Crippen molar-refractivity contribution in [3.05, 3.63) is 34.4 Å². The van der Waals surface area contributed by atoms with Gasteiger partial charge in [0.1, 0.15) is 11.5 Å². The van der Waals surface area contributed by atoms with E-state index in [1.54, 1.807) is 0 Å². The number of hydrogen-bond acceptors (Lipinski definition) is 6. The third-order valence-electron chi connectivity index (χ3n) is 3.29. The highest BCUT2D eigenvalue weighted by atomic mass is 16.3. The Morgan fingerprint density at radius 3 is 1.12 bits per heavy atom. The van der Waals surface area contributed by atoms with Crippen LogP contribution in [0.5, 0.6) is 11.5 Å². The second kappa shape index (κ2) is 7.50. The number of phenolic OH excluding ortho intramolecular Hbond substituents is 2. The van der Waals surface area contributed by atoms with Gasteiger partial charge in [-0.15, -0.1) is 0 Å². The van der Waals surface area contributed by atoms with Crippen LogP contribution in [-0.4, -0.2) is 33.3 Å². The van der Waals surface area contributed by atoms with Crippen molar-refractivity contribution in [2.24, 2.45) is 0 Å². The number of Topliss-reactive ketones (excluding diaryl/α,β-unsaturated/α-hetero) is 4. The Morgan fingerprint density at radius 1 is 0.667 bits per heavy atom. The standard InChI is InChI=1S/C18H18O6/c1-9(19)15(10(2)20)5-13-7-18(24)14(8-17(13)23)6-16(11(3)21)12(4)22/h5-8,23-24H,1-4H3. The van der Waals surface area contributed by atoms with E-state index in [1.165, 1.54) is 39.8 Å². The molecule has 0 spiro atoms. The molecule has 2 N–H and O–H groups in total. The van der Waals surface area contributed by atoms with E-state index in [1.807, 2.05) is 0 Å². The number of hydrogen-bond donors (Lipinski definition) is 2. The zero-order chi connectivity index (χ0) is 18.6. The molecule has 0 amide bonds. The molecular weight excluding hydrogens is 312 g/mol. The van der Waals surface area contributed by atoms with Crippen molar-refractivity contribution < 1.29 is 29.4 Å². The molecule has 0 aliphatic rings. The number of allylic oxidation sites excluding steroid dienone is 2. The predicted molar refractivity (Wildman–Crippen MR) is 88.4 cm³/mol. The summed E-state index contributed by atoms with van der Waals surface area (Å²) in [6.07, 6.45) is 2.34. The van der Waals surface area contributed by atoms with Gasteiger partial charge in [-0.3, -0.25) is 19.2 Å². The van der Waals surface area contributed by atoms with Gasteiger partial charge >= 0.3 is 0 Å². The third-order valence-corrected chi connectivity index (χ3v) is 3.29. The van der Waals surface area contributed by atoms with Gasteiger partial charge in [0.25, 0.3) is 0 Å². The highest BCUT2D eigenvalue weighted by Gasteiger charge is 2.15. The number of rotatable bonds is 6. The molecule has 1 aromatic carbocycles. The first-order chi connectivity index (χ1) is 11.0. The SMILES string of the molecule is CC(=O)C(=Cc1cc(O)c(C=C(C(C)=O)C(C)=O)cc1O)C(C)=O. The molecule has 0 radical (unpaired) electrons. The van der Waals surface area contributed by atoms with Crippen LogP contribution in [0.25, 0.3) is 12.2 Å². The second-order valence-corrected chi connectivity index (χ2v) is 5.31. The second-order valence-electron chi connectivity index (χ2n) is 5.31. The van der Waals surface area contributed by atoms with E-state index < -0.39 is 23.1 Å². The van der Waals surface area contributed by atoms with Crippen LogP contribution in [0.15, 0.2) is 23.3 Å². The number of aromatic hydroxyl groups is 2. The molecule has 0 saturated carbocycles. The summed E-state index contributed by atoms with van der Waals surface area (Å²) in [6.45, 7) is 4.86. The van der Waals surface area contributed by atoms with Gasteiger partial charge in [0, 0.05) is 11.1 Å². The molecule has 0 aromatic heterocycles. The summed E-state index contributed by atoms with van der Waals surface area (Å²) in [5, 5.41) is 20.1. The van der Waals surface area contributed by atoms with Gasteiger partial charge in [0.15, 0.2) is 23.1 Å². The van der Waals surface area contributed by atoms with E-state index in [0.29, 0.717) is 0 Å². The zero-order valence-corrected chi connectivity index (χ0v) is 13.8. The van der Waals surface area contributed by atoms with Crippen LogP contribution in [0, 0.1) is 0 Å². The minimum Gasteiger partial charge on any atom is -0.507 e. The molecular formula is C18H18O6. The van der Waals surface area contributed by atoms with Gasteiger partial charge in [-0.1, -0.05) is 0 Å². The van der Waals surface area contributed by atoms with E-state index in [-0.39, 0.29) is 33.8 Å². The molecule has 1 aromatic rings. The molecule has 0 heterocycles. The van der Waals surface area contributed by atoms with Gasteiger partial charge in [0.2, 0.25) is 0 Å². The number of phenols is 2. The zero-order valence-electron chi connectivity index (χ0n) is 13.8. The first-order valence-electron chi connectivity index (χ1n) is 7.07. The largest absolute Gasteiger partial charge is 0.507 e. The number of carbonyl (C=O) groups excluding carboxylic acids is 4. The summed E-state index contributed by atoms with van der Waals surface area (Å²) in [5.41, 5.74) is -0.114. The lowest BCUT2D eigenvalue weighted by Crippen LogP contribution is -2.06. The van der Waals surface area contributed by atoms with Crippen LogP contribution in [-0.2, 0) is 19.2 Å². The fraction of sp³-hybridized carbons (Fsp3) is 0.222. The van der Waals surface area contributed by atoms with Crippen molar-refractivity contribution in [1.82, 2.24) is 0 Å². The van der Waals surface area contributed by atoms with Crippen LogP contribution in [0.2, 0.25) is 0 Å². The molecule has 0 atom stereocenters. The van der Waals surface area contributed by atoms with E-state index in [0.717, 1.165) is 12.1 Å². The molecule has 0 saturated heterocycles. The highest BCUT2D eigenvalue weighted by molar-refractivity contribution is 6.22. The Kier molecular flexibility index (Phi) is 5.95. The lowest BCUT2D eigenvalue weighted by molar-refractivity contribution is -0.120. The number of carbonyl (C=O) groups is 4. The molecule has 6 nitrogen and oxygen atoms in total. The first-order valence-corrected chi connectivity index (χ1v) is 7.07. The van der Waals surface area contributed by atoms with Crippen LogP contribution in [0.4, 0.5) is 0 Å². The molecule has 1 rings (SSSR count). The lowest BCUT2D eigenvalue weighted by Gasteiger charge is -2.07. The van der Waals surface area contributed by atoms with Crippen LogP contribution >= 0.6 is 0 Å². The molecule has 0 aliphatic heterocycles. The summed E-state index contributed by atoms with van der Waals surface area (Å²) in [7, 11) is 0. The Bertz CT molecular complexity index is 696. The minimum atomic E-state index is -0.471. The molecule has 6 heteroatoms. The first kappa shape index (κ1) is 19.0. The van der Waals surface area contributed by atoms with Crippen molar-refractivity contribution in [2.75, 3.05) is 0 Å². The third kappa shape index (κ3) is 4.49. The predicted octanol–water partition coefficient (Wildman–Crippen LogP) is 2.22. The average molecular weight is 330 g/mol. The summed E-state index contributed by atoms with van der Waals surface area (Å²) in [4.78, 5) is 45.7. The minimum absolute atomic E-state index is 0.0669. The molecule has 0 fully saturated rings. The van der Waals surface area contributed by atoms with Crippen LogP contribution < -0.4 is 0 Å². The maximum absolute atomic E-state index is 11.4. The van der Waals surface area contributed by atoms with E-state index in [4.69, 9.17) is 0 Å². The number of benzene rings is 1.